The Hall–Kier alpha value is -1.36. The fourth-order valence-electron chi connectivity index (χ4n) is 6.25. The molecule has 0 aromatic rings. The van der Waals surface area contributed by atoms with Crippen molar-refractivity contribution < 1.29 is 29.4 Å². The van der Waals surface area contributed by atoms with Gasteiger partial charge in [0.15, 0.2) is 15.5 Å². The van der Waals surface area contributed by atoms with Gasteiger partial charge in [0, 0.05) is 31.1 Å². The molecule has 0 radical (unpaired) electrons. The maximum Gasteiger partial charge on any atom is 0.261 e. The first-order valence-corrected chi connectivity index (χ1v) is 12.6. The van der Waals surface area contributed by atoms with E-state index < -0.39 is 45.9 Å². The second-order valence-corrected chi connectivity index (χ2v) is 10.9. The quantitative estimate of drug-likeness (QED) is 0.591. The molecule has 2 amide bonds. The maximum atomic E-state index is 14.1. The fourth-order valence-corrected chi connectivity index (χ4v) is 8.29. The first-order chi connectivity index (χ1) is 14.2. The van der Waals surface area contributed by atoms with Crippen molar-refractivity contribution in [3.05, 3.63) is 12.2 Å². The van der Waals surface area contributed by atoms with Crippen molar-refractivity contribution in [2.45, 2.75) is 59.7 Å². The number of fused-ring (bicyclic) bond motifs is 6. The molecule has 0 aromatic heterocycles. The molecule has 8 unspecified atom stereocenters. The van der Waals surface area contributed by atoms with Crippen LogP contribution >= 0.6 is 23.5 Å². The standard InChI is InChI=1S/C20H24N2O6S2/c1-29-19-7-9-11(23)3-5-13(25)15(9)21(19)18(28)20(30-2)8-10-12(24)4-6-14(26)16(10)22(20)17(19)27/h3,5,9-10,13-16,25-26H,4,6-8H2,1-2H3. The molecule has 0 aromatic carbocycles. The number of hydrogen-bond acceptors (Lipinski definition) is 8. The number of piperazine rings is 1. The third-order valence-electron chi connectivity index (χ3n) is 7.64. The lowest BCUT2D eigenvalue weighted by molar-refractivity contribution is -0.170. The lowest BCUT2D eigenvalue weighted by atomic mass is 9.81. The van der Waals surface area contributed by atoms with Crippen molar-refractivity contribution in [2.24, 2.45) is 11.8 Å². The Balaban J connectivity index is 1.69. The fraction of sp³-hybridized carbons (Fsp3) is 0.700. The maximum absolute atomic E-state index is 14.1. The zero-order valence-corrected chi connectivity index (χ0v) is 18.3. The van der Waals surface area contributed by atoms with E-state index in [1.165, 1.54) is 45.5 Å². The number of aliphatic hydroxyl groups excluding tert-OH is 2. The first-order valence-electron chi connectivity index (χ1n) is 10.1. The van der Waals surface area contributed by atoms with Gasteiger partial charge in [-0.2, -0.15) is 0 Å². The average Bonchev–Trinajstić information content (AvgIpc) is 3.29. The molecule has 162 valence electrons. The van der Waals surface area contributed by atoms with Crippen LogP contribution in [0.5, 0.6) is 0 Å². The second kappa shape index (κ2) is 6.57. The van der Waals surface area contributed by atoms with Crippen molar-refractivity contribution in [1.82, 2.24) is 9.80 Å². The van der Waals surface area contributed by atoms with Crippen LogP contribution in [0.4, 0.5) is 0 Å². The lowest BCUT2D eigenvalue weighted by Crippen LogP contribution is -2.75. The summed E-state index contributed by atoms with van der Waals surface area (Å²) >= 11 is 2.39. The Morgan fingerprint density at radius 3 is 2.10 bits per heavy atom. The van der Waals surface area contributed by atoms with Gasteiger partial charge in [0.25, 0.3) is 11.8 Å². The third kappa shape index (κ3) is 2.23. The van der Waals surface area contributed by atoms with Gasteiger partial charge in [0.1, 0.15) is 5.78 Å². The predicted molar refractivity (Wildman–Crippen MR) is 110 cm³/mol. The summed E-state index contributed by atoms with van der Waals surface area (Å²) in [7, 11) is 0. The van der Waals surface area contributed by atoms with E-state index >= 15 is 0 Å². The van der Waals surface area contributed by atoms with Crippen molar-refractivity contribution in [3.63, 3.8) is 0 Å². The highest BCUT2D eigenvalue weighted by molar-refractivity contribution is 8.01. The molecule has 5 rings (SSSR count). The molecule has 3 saturated heterocycles. The summed E-state index contributed by atoms with van der Waals surface area (Å²) in [6.45, 7) is 0. The van der Waals surface area contributed by atoms with E-state index in [0.717, 1.165) is 0 Å². The van der Waals surface area contributed by atoms with Crippen LogP contribution in [-0.4, -0.2) is 89.9 Å². The van der Waals surface area contributed by atoms with Gasteiger partial charge in [-0.05, 0) is 25.0 Å². The van der Waals surface area contributed by atoms with E-state index in [2.05, 4.69) is 0 Å². The van der Waals surface area contributed by atoms with Gasteiger partial charge in [-0.3, -0.25) is 19.2 Å². The third-order valence-corrected chi connectivity index (χ3v) is 10.1. The molecule has 0 bridgehead atoms. The topological polar surface area (TPSA) is 115 Å². The van der Waals surface area contributed by atoms with Gasteiger partial charge in [-0.25, -0.2) is 0 Å². The minimum atomic E-state index is -1.33. The number of aliphatic hydroxyl groups is 2. The van der Waals surface area contributed by atoms with Crippen molar-refractivity contribution in [3.8, 4) is 0 Å². The average molecular weight is 453 g/mol. The number of carbonyl (C=O) groups excluding carboxylic acids is 4. The molecule has 10 heteroatoms. The summed E-state index contributed by atoms with van der Waals surface area (Å²) in [6, 6.07) is -1.54. The summed E-state index contributed by atoms with van der Waals surface area (Å²) in [4.78, 5) is 53.7. The van der Waals surface area contributed by atoms with Crippen molar-refractivity contribution in [2.75, 3.05) is 12.5 Å². The molecule has 3 heterocycles. The Morgan fingerprint density at radius 1 is 0.933 bits per heavy atom. The lowest BCUT2D eigenvalue weighted by Gasteiger charge is -2.54. The highest BCUT2D eigenvalue weighted by Gasteiger charge is 2.75. The van der Waals surface area contributed by atoms with E-state index in [4.69, 9.17) is 0 Å². The summed E-state index contributed by atoms with van der Waals surface area (Å²) in [5.41, 5.74) is 0. The molecule has 2 aliphatic carbocycles. The largest absolute Gasteiger partial charge is 0.391 e. The summed E-state index contributed by atoms with van der Waals surface area (Å²) in [6.07, 6.45) is 5.03. The van der Waals surface area contributed by atoms with E-state index in [1.807, 2.05) is 0 Å². The molecular formula is C20H24N2O6S2. The van der Waals surface area contributed by atoms with Gasteiger partial charge in [-0.1, -0.05) is 6.08 Å². The number of thioether (sulfide) groups is 2. The Bertz CT molecular complexity index is 895. The number of allylic oxidation sites excluding steroid dienone is 1. The van der Waals surface area contributed by atoms with E-state index in [0.29, 0.717) is 0 Å². The van der Waals surface area contributed by atoms with Crippen LogP contribution in [0.25, 0.3) is 0 Å². The SMILES string of the molecule is CSC12CC3C(=O)C=CC(O)C3N1C(=O)C1(SC)CC3C(=O)CCC(O)C3N1C2=O. The van der Waals surface area contributed by atoms with E-state index in [1.54, 1.807) is 12.5 Å². The zero-order chi connectivity index (χ0) is 21.6. The van der Waals surface area contributed by atoms with Gasteiger partial charge >= 0.3 is 0 Å². The van der Waals surface area contributed by atoms with Crippen LogP contribution in [0.1, 0.15) is 25.7 Å². The number of nitrogens with zero attached hydrogens (tertiary/aromatic N) is 2. The van der Waals surface area contributed by atoms with Gasteiger partial charge in [0.2, 0.25) is 0 Å². The molecule has 3 aliphatic heterocycles. The van der Waals surface area contributed by atoms with Crippen LogP contribution in [-0.2, 0) is 19.2 Å². The van der Waals surface area contributed by atoms with Crippen LogP contribution < -0.4 is 0 Å². The number of hydrogen-bond donors (Lipinski definition) is 2. The number of carbonyl (C=O) groups is 4. The molecule has 2 N–H and O–H groups in total. The minimum Gasteiger partial charge on any atom is -0.391 e. The smallest absolute Gasteiger partial charge is 0.261 e. The number of amides is 2. The number of ketones is 2. The minimum absolute atomic E-state index is 0.0271. The molecule has 5 aliphatic rings. The number of Topliss-reactive ketones (excluding diaryl/α,β-unsaturated/α-hetero) is 1. The molecule has 4 fully saturated rings. The molecular weight excluding hydrogens is 428 g/mol. The Labute approximate surface area is 182 Å². The van der Waals surface area contributed by atoms with Crippen molar-refractivity contribution >= 4 is 46.9 Å². The Kier molecular flexibility index (Phi) is 4.50. The second-order valence-electron chi connectivity index (χ2n) is 8.75. The predicted octanol–water partition coefficient (Wildman–Crippen LogP) is -0.224. The highest BCUT2D eigenvalue weighted by atomic mass is 32.2. The first kappa shape index (κ1) is 20.5. The summed E-state index contributed by atoms with van der Waals surface area (Å²) in [5.74, 6) is -2.16. The Morgan fingerprint density at radius 2 is 1.50 bits per heavy atom. The van der Waals surface area contributed by atoms with Crippen LogP contribution in [0, 0.1) is 11.8 Å². The molecule has 0 spiro atoms. The monoisotopic (exact) mass is 452 g/mol. The van der Waals surface area contributed by atoms with Crippen LogP contribution in [0.3, 0.4) is 0 Å². The van der Waals surface area contributed by atoms with Crippen LogP contribution in [0.2, 0.25) is 0 Å². The summed E-state index contributed by atoms with van der Waals surface area (Å²) < 4.78 is 0. The number of rotatable bonds is 2. The molecule has 30 heavy (non-hydrogen) atoms. The molecule has 1 saturated carbocycles. The molecule has 8 atom stereocenters. The van der Waals surface area contributed by atoms with Gasteiger partial charge < -0.3 is 20.0 Å². The van der Waals surface area contributed by atoms with E-state index in [-0.39, 0.29) is 49.1 Å². The molecule has 8 nitrogen and oxygen atoms in total. The normalized spacial score (nSPS) is 47.3. The van der Waals surface area contributed by atoms with Gasteiger partial charge in [0.05, 0.1) is 24.3 Å². The van der Waals surface area contributed by atoms with Crippen LogP contribution in [0.15, 0.2) is 12.2 Å². The summed E-state index contributed by atoms with van der Waals surface area (Å²) in [5, 5.41) is 21.4. The van der Waals surface area contributed by atoms with E-state index in [9.17, 15) is 29.4 Å². The zero-order valence-electron chi connectivity index (χ0n) is 16.7. The van der Waals surface area contributed by atoms with Gasteiger partial charge in [-0.15, -0.1) is 23.5 Å². The van der Waals surface area contributed by atoms with Crippen molar-refractivity contribution in [1.29, 1.82) is 0 Å². The highest BCUT2D eigenvalue weighted by Crippen LogP contribution is 2.60.